The zero-order valence-corrected chi connectivity index (χ0v) is 8.49. The van der Waals surface area contributed by atoms with Crippen LogP contribution in [-0.2, 0) is 4.79 Å². The molecule has 14 heavy (non-hydrogen) atoms. The largest absolute Gasteiger partial charge is 0.481 e. The van der Waals surface area contributed by atoms with Crippen molar-refractivity contribution in [2.75, 3.05) is 6.54 Å². The lowest BCUT2D eigenvalue weighted by Gasteiger charge is -2.27. The van der Waals surface area contributed by atoms with Crippen LogP contribution >= 0.6 is 0 Å². The van der Waals surface area contributed by atoms with Gasteiger partial charge in [-0.15, -0.1) is 0 Å². The van der Waals surface area contributed by atoms with Gasteiger partial charge in [0.15, 0.2) is 0 Å². The second-order valence-electron chi connectivity index (χ2n) is 3.60. The van der Waals surface area contributed by atoms with Crippen molar-refractivity contribution in [3.05, 3.63) is 0 Å². The number of carboxylic acids is 1. The van der Waals surface area contributed by atoms with Crippen LogP contribution in [0.1, 0.15) is 26.7 Å². The molecule has 0 aromatic carbocycles. The molecular weight excluding hydrogens is 184 g/mol. The fourth-order valence-electron chi connectivity index (χ4n) is 1.69. The summed E-state index contributed by atoms with van der Waals surface area (Å²) in [4.78, 5) is 23.6. The van der Waals surface area contributed by atoms with Gasteiger partial charge in [-0.3, -0.25) is 4.79 Å². The number of carbonyl (C=O) groups excluding carboxylic acids is 1. The molecule has 5 nitrogen and oxygen atoms in total. The molecule has 5 heteroatoms. The fraction of sp³-hybridized carbons (Fsp3) is 0.778. The van der Waals surface area contributed by atoms with E-state index in [1.54, 1.807) is 4.90 Å². The van der Waals surface area contributed by atoms with E-state index in [9.17, 15) is 9.59 Å². The van der Waals surface area contributed by atoms with Gasteiger partial charge >= 0.3 is 12.0 Å². The molecule has 0 aromatic heterocycles. The Morgan fingerprint density at radius 1 is 1.79 bits per heavy atom. The Labute approximate surface area is 83.1 Å². The van der Waals surface area contributed by atoms with Crippen LogP contribution in [0.3, 0.4) is 0 Å². The Morgan fingerprint density at radius 3 is 2.93 bits per heavy atom. The van der Waals surface area contributed by atoms with Crippen molar-refractivity contribution < 1.29 is 14.7 Å². The zero-order chi connectivity index (χ0) is 10.7. The Morgan fingerprint density at radius 2 is 2.43 bits per heavy atom. The summed E-state index contributed by atoms with van der Waals surface area (Å²) in [7, 11) is 0. The molecule has 1 saturated heterocycles. The van der Waals surface area contributed by atoms with E-state index >= 15 is 0 Å². The Kier molecular flexibility index (Phi) is 3.33. The lowest BCUT2D eigenvalue weighted by Crippen LogP contribution is -2.41. The third-order valence-corrected chi connectivity index (χ3v) is 2.59. The normalized spacial score (nSPS) is 23.4. The molecule has 0 saturated carbocycles. The van der Waals surface area contributed by atoms with Crippen LogP contribution in [0.25, 0.3) is 0 Å². The van der Waals surface area contributed by atoms with E-state index in [2.05, 4.69) is 5.32 Å². The number of nitrogens with one attached hydrogen (secondary N) is 1. The molecule has 1 aliphatic rings. The lowest BCUT2D eigenvalue weighted by atomic mass is 10.1. The van der Waals surface area contributed by atoms with Crippen LogP contribution in [-0.4, -0.2) is 40.6 Å². The van der Waals surface area contributed by atoms with E-state index in [1.165, 1.54) is 0 Å². The predicted molar refractivity (Wildman–Crippen MR) is 51.0 cm³/mol. The molecule has 2 N–H and O–H groups in total. The monoisotopic (exact) mass is 200 g/mol. The Hall–Kier alpha value is -1.26. The van der Waals surface area contributed by atoms with Crippen LogP contribution in [0.2, 0.25) is 0 Å². The molecule has 0 aromatic rings. The Bertz CT molecular complexity index is 242. The highest BCUT2D eigenvalue weighted by molar-refractivity contribution is 5.79. The smallest absolute Gasteiger partial charge is 0.318 e. The molecule has 0 bridgehead atoms. The van der Waals surface area contributed by atoms with Gasteiger partial charge in [0.25, 0.3) is 0 Å². The maximum atomic E-state index is 11.4. The topological polar surface area (TPSA) is 69.6 Å². The van der Waals surface area contributed by atoms with Crippen molar-refractivity contribution in [2.24, 2.45) is 0 Å². The standard InChI is InChI=1S/C9H16N2O3/c1-3-6(2)11-7(4-8(12)13)5-10-9(11)14/h6-7H,3-5H2,1-2H3,(H,10,14)(H,12,13). The Balaban J connectivity index is 2.66. The van der Waals surface area contributed by atoms with Gasteiger partial charge in [-0.1, -0.05) is 6.92 Å². The first-order chi connectivity index (χ1) is 6.56. The number of hydrogen-bond donors (Lipinski definition) is 2. The van der Waals surface area contributed by atoms with Gasteiger partial charge in [0.1, 0.15) is 0 Å². The minimum atomic E-state index is -0.861. The molecule has 1 aliphatic heterocycles. The van der Waals surface area contributed by atoms with Crippen molar-refractivity contribution in [1.29, 1.82) is 0 Å². The summed E-state index contributed by atoms with van der Waals surface area (Å²) >= 11 is 0. The number of urea groups is 1. The quantitative estimate of drug-likeness (QED) is 0.700. The molecule has 1 rings (SSSR count). The fourth-order valence-corrected chi connectivity index (χ4v) is 1.69. The second kappa shape index (κ2) is 4.30. The first-order valence-corrected chi connectivity index (χ1v) is 4.84. The average molecular weight is 200 g/mol. The SMILES string of the molecule is CCC(C)N1C(=O)NCC1CC(=O)O. The van der Waals surface area contributed by atoms with Crippen LogP contribution in [0.5, 0.6) is 0 Å². The number of hydrogen-bond acceptors (Lipinski definition) is 2. The summed E-state index contributed by atoms with van der Waals surface area (Å²) in [5.74, 6) is -0.861. The maximum Gasteiger partial charge on any atom is 0.318 e. The van der Waals surface area contributed by atoms with Gasteiger partial charge in [0, 0.05) is 12.6 Å². The number of nitrogens with zero attached hydrogens (tertiary/aromatic N) is 1. The van der Waals surface area contributed by atoms with Gasteiger partial charge in [0.05, 0.1) is 12.5 Å². The first-order valence-electron chi connectivity index (χ1n) is 4.84. The van der Waals surface area contributed by atoms with Crippen LogP contribution in [0.4, 0.5) is 4.79 Å². The minimum Gasteiger partial charge on any atom is -0.481 e. The van der Waals surface area contributed by atoms with Crippen molar-refractivity contribution >= 4 is 12.0 Å². The molecule has 1 heterocycles. The summed E-state index contributed by atoms with van der Waals surface area (Å²) in [5, 5.41) is 11.3. The molecule has 0 spiro atoms. The predicted octanol–water partition coefficient (Wildman–Crippen LogP) is 0.653. The first kappa shape index (κ1) is 10.8. The van der Waals surface area contributed by atoms with Gasteiger partial charge < -0.3 is 15.3 Å². The molecule has 0 aliphatic carbocycles. The van der Waals surface area contributed by atoms with Crippen LogP contribution in [0.15, 0.2) is 0 Å². The van der Waals surface area contributed by atoms with Crippen molar-refractivity contribution in [1.82, 2.24) is 10.2 Å². The second-order valence-corrected chi connectivity index (χ2v) is 3.60. The van der Waals surface area contributed by atoms with Crippen LogP contribution in [0, 0.1) is 0 Å². The summed E-state index contributed by atoms with van der Waals surface area (Å²) in [5.41, 5.74) is 0. The molecule has 2 amide bonds. The lowest BCUT2D eigenvalue weighted by molar-refractivity contribution is -0.138. The van der Waals surface area contributed by atoms with Crippen molar-refractivity contribution in [2.45, 2.75) is 38.8 Å². The van der Waals surface area contributed by atoms with Gasteiger partial charge in [-0.05, 0) is 13.3 Å². The number of amides is 2. The molecule has 2 unspecified atom stereocenters. The summed E-state index contributed by atoms with van der Waals surface area (Å²) in [6, 6.07) is -0.248. The van der Waals surface area contributed by atoms with E-state index in [1.807, 2.05) is 13.8 Å². The number of rotatable bonds is 4. The minimum absolute atomic E-state index is 0.0169. The summed E-state index contributed by atoms with van der Waals surface area (Å²) in [6.07, 6.45) is 0.854. The number of carbonyl (C=O) groups is 2. The molecule has 80 valence electrons. The van der Waals surface area contributed by atoms with E-state index in [4.69, 9.17) is 5.11 Å². The van der Waals surface area contributed by atoms with E-state index in [0.717, 1.165) is 6.42 Å². The van der Waals surface area contributed by atoms with E-state index < -0.39 is 5.97 Å². The van der Waals surface area contributed by atoms with Gasteiger partial charge in [0.2, 0.25) is 0 Å². The highest BCUT2D eigenvalue weighted by Gasteiger charge is 2.34. The molecular formula is C9H16N2O3. The number of carboxylic acid groups (broad SMARTS) is 1. The molecule has 0 radical (unpaired) electrons. The molecule has 2 atom stereocenters. The van der Waals surface area contributed by atoms with E-state index in [0.29, 0.717) is 6.54 Å². The summed E-state index contributed by atoms with van der Waals surface area (Å²) < 4.78 is 0. The van der Waals surface area contributed by atoms with E-state index in [-0.39, 0.29) is 24.5 Å². The highest BCUT2D eigenvalue weighted by Crippen LogP contribution is 2.16. The molecule has 1 fully saturated rings. The average Bonchev–Trinajstić information content (AvgIpc) is 2.45. The van der Waals surface area contributed by atoms with Crippen molar-refractivity contribution in [3.63, 3.8) is 0 Å². The van der Waals surface area contributed by atoms with Gasteiger partial charge in [-0.25, -0.2) is 4.79 Å². The highest BCUT2D eigenvalue weighted by atomic mass is 16.4. The zero-order valence-electron chi connectivity index (χ0n) is 8.49. The number of aliphatic carboxylic acids is 1. The third-order valence-electron chi connectivity index (χ3n) is 2.59. The maximum absolute atomic E-state index is 11.4. The van der Waals surface area contributed by atoms with Gasteiger partial charge in [-0.2, -0.15) is 0 Å². The third kappa shape index (κ3) is 2.16. The summed E-state index contributed by atoms with van der Waals surface area (Å²) in [6.45, 7) is 4.35. The van der Waals surface area contributed by atoms with Crippen LogP contribution < -0.4 is 5.32 Å². The van der Waals surface area contributed by atoms with Crippen molar-refractivity contribution in [3.8, 4) is 0 Å².